The van der Waals surface area contributed by atoms with Crippen molar-refractivity contribution < 1.29 is 0 Å². The molecule has 19 heavy (non-hydrogen) atoms. The molecule has 2 aromatic rings. The average Bonchev–Trinajstić information content (AvgIpc) is 2.57. The van der Waals surface area contributed by atoms with Gasteiger partial charge in [0.1, 0.15) is 0 Å². The normalized spacial score (nSPS) is 24.5. The standard InChI is InChI=1S/C15H19ClN2S/c1-10-6-3-2-4-8-12(10)18-13-9-5-7-11(16)14(13)17-15(18)19/h5,7,9-10,12H,2-4,6,8H2,1H3,(H,17,19). The lowest BCUT2D eigenvalue weighted by atomic mass is 9.96. The van der Waals surface area contributed by atoms with Gasteiger partial charge in [0.25, 0.3) is 0 Å². The molecular weight excluding hydrogens is 276 g/mol. The number of nitrogens with zero attached hydrogens (tertiary/aromatic N) is 1. The molecule has 1 aromatic heterocycles. The smallest absolute Gasteiger partial charge is 0.178 e. The number of nitrogens with one attached hydrogen (secondary N) is 1. The molecular formula is C15H19ClN2S. The summed E-state index contributed by atoms with van der Waals surface area (Å²) in [6.45, 7) is 2.35. The fraction of sp³-hybridized carbons (Fsp3) is 0.533. The first-order valence-electron chi connectivity index (χ1n) is 7.07. The predicted octanol–water partition coefficient (Wildman–Crippen LogP) is 5.49. The molecule has 102 valence electrons. The molecule has 1 aliphatic rings. The Balaban J connectivity index is 2.16. The van der Waals surface area contributed by atoms with E-state index in [-0.39, 0.29) is 0 Å². The maximum atomic E-state index is 6.26. The Hall–Kier alpha value is -0.800. The second-order valence-electron chi connectivity index (χ2n) is 5.62. The van der Waals surface area contributed by atoms with Gasteiger partial charge in [0.05, 0.1) is 16.1 Å². The number of benzene rings is 1. The lowest BCUT2D eigenvalue weighted by Gasteiger charge is -2.23. The number of aromatic nitrogens is 2. The second kappa shape index (κ2) is 5.29. The van der Waals surface area contributed by atoms with Gasteiger partial charge in [-0.15, -0.1) is 0 Å². The summed E-state index contributed by atoms with van der Waals surface area (Å²) in [6.07, 6.45) is 6.49. The van der Waals surface area contributed by atoms with Crippen LogP contribution in [-0.2, 0) is 0 Å². The average molecular weight is 295 g/mol. The van der Waals surface area contributed by atoms with Gasteiger partial charge in [-0.3, -0.25) is 0 Å². The highest BCUT2D eigenvalue weighted by atomic mass is 35.5. The van der Waals surface area contributed by atoms with Gasteiger partial charge in [0.2, 0.25) is 0 Å². The topological polar surface area (TPSA) is 20.7 Å². The zero-order valence-electron chi connectivity index (χ0n) is 11.2. The Morgan fingerprint density at radius 1 is 1.26 bits per heavy atom. The van der Waals surface area contributed by atoms with Crippen LogP contribution in [0, 0.1) is 10.7 Å². The van der Waals surface area contributed by atoms with Gasteiger partial charge in [-0.1, -0.05) is 43.9 Å². The van der Waals surface area contributed by atoms with E-state index >= 15 is 0 Å². The van der Waals surface area contributed by atoms with Crippen molar-refractivity contribution in [2.75, 3.05) is 0 Å². The van der Waals surface area contributed by atoms with Gasteiger partial charge >= 0.3 is 0 Å². The first kappa shape index (κ1) is 13.2. The van der Waals surface area contributed by atoms with Gasteiger partial charge < -0.3 is 9.55 Å². The molecule has 1 N–H and O–H groups in total. The minimum atomic E-state index is 0.502. The van der Waals surface area contributed by atoms with Gasteiger partial charge in [-0.25, -0.2) is 0 Å². The molecule has 0 amide bonds. The van der Waals surface area contributed by atoms with E-state index in [1.807, 2.05) is 12.1 Å². The Kier molecular flexibility index (Phi) is 3.68. The summed E-state index contributed by atoms with van der Waals surface area (Å²) >= 11 is 11.8. The van der Waals surface area contributed by atoms with E-state index in [1.165, 1.54) is 32.1 Å². The molecule has 1 fully saturated rings. The minimum absolute atomic E-state index is 0.502. The fourth-order valence-electron chi connectivity index (χ4n) is 3.30. The van der Waals surface area contributed by atoms with Crippen LogP contribution in [0.5, 0.6) is 0 Å². The van der Waals surface area contributed by atoms with Crippen LogP contribution in [0.1, 0.15) is 45.1 Å². The van der Waals surface area contributed by atoms with Gasteiger partial charge in [-0.05, 0) is 43.1 Å². The van der Waals surface area contributed by atoms with Crippen molar-refractivity contribution in [3.8, 4) is 0 Å². The Morgan fingerprint density at radius 2 is 2.05 bits per heavy atom. The SMILES string of the molecule is CC1CCCCCC1n1c(=S)[nH]c2c(Cl)cccc21. The Bertz CT molecular complexity index is 643. The second-order valence-corrected chi connectivity index (χ2v) is 6.41. The number of hydrogen-bond donors (Lipinski definition) is 1. The lowest BCUT2D eigenvalue weighted by molar-refractivity contribution is 0.338. The van der Waals surface area contributed by atoms with Crippen molar-refractivity contribution >= 4 is 34.9 Å². The number of H-pyrrole nitrogens is 1. The van der Waals surface area contributed by atoms with Crippen LogP contribution in [0.15, 0.2) is 18.2 Å². The lowest BCUT2D eigenvalue weighted by Crippen LogP contribution is -2.16. The predicted molar refractivity (Wildman–Crippen MR) is 83.4 cm³/mol. The van der Waals surface area contributed by atoms with E-state index in [0.717, 1.165) is 20.8 Å². The molecule has 1 aromatic carbocycles. The first-order chi connectivity index (χ1) is 9.18. The molecule has 2 nitrogen and oxygen atoms in total. The van der Waals surface area contributed by atoms with Crippen molar-refractivity contribution in [1.29, 1.82) is 0 Å². The van der Waals surface area contributed by atoms with Crippen LogP contribution in [0.2, 0.25) is 5.02 Å². The number of para-hydroxylation sites is 1. The maximum absolute atomic E-state index is 6.26. The molecule has 0 aliphatic heterocycles. The van der Waals surface area contributed by atoms with Gasteiger partial charge in [0, 0.05) is 6.04 Å². The molecule has 1 aliphatic carbocycles. The molecule has 0 saturated heterocycles. The monoisotopic (exact) mass is 294 g/mol. The molecule has 0 radical (unpaired) electrons. The first-order valence-corrected chi connectivity index (χ1v) is 7.86. The molecule has 1 heterocycles. The van der Waals surface area contributed by atoms with Gasteiger partial charge in [0.15, 0.2) is 4.77 Å². The van der Waals surface area contributed by atoms with Crippen molar-refractivity contribution in [2.45, 2.75) is 45.1 Å². The fourth-order valence-corrected chi connectivity index (χ4v) is 3.85. The minimum Gasteiger partial charge on any atom is -0.329 e. The molecule has 2 unspecified atom stereocenters. The number of rotatable bonds is 1. The van der Waals surface area contributed by atoms with Crippen molar-refractivity contribution in [3.63, 3.8) is 0 Å². The summed E-state index contributed by atoms with van der Waals surface area (Å²) in [7, 11) is 0. The largest absolute Gasteiger partial charge is 0.329 e. The molecule has 1 saturated carbocycles. The van der Waals surface area contributed by atoms with Crippen molar-refractivity contribution in [1.82, 2.24) is 9.55 Å². The molecule has 2 atom stereocenters. The maximum Gasteiger partial charge on any atom is 0.178 e. The van der Waals surface area contributed by atoms with Crippen LogP contribution in [-0.4, -0.2) is 9.55 Å². The summed E-state index contributed by atoms with van der Waals surface area (Å²) in [6, 6.07) is 6.54. The van der Waals surface area contributed by atoms with E-state index in [2.05, 4.69) is 22.5 Å². The highest BCUT2D eigenvalue weighted by Crippen LogP contribution is 2.35. The summed E-state index contributed by atoms with van der Waals surface area (Å²) in [4.78, 5) is 3.28. The van der Waals surface area contributed by atoms with Crippen LogP contribution in [0.4, 0.5) is 0 Å². The highest BCUT2D eigenvalue weighted by Gasteiger charge is 2.24. The van der Waals surface area contributed by atoms with E-state index in [9.17, 15) is 0 Å². The van der Waals surface area contributed by atoms with Crippen LogP contribution in [0.25, 0.3) is 11.0 Å². The molecule has 4 heteroatoms. The summed E-state index contributed by atoms with van der Waals surface area (Å²) in [5, 5.41) is 0.753. The van der Waals surface area contributed by atoms with Crippen molar-refractivity contribution in [3.05, 3.63) is 28.0 Å². The third-order valence-corrected chi connectivity index (χ3v) is 4.96. The third-order valence-electron chi connectivity index (χ3n) is 4.35. The summed E-state index contributed by atoms with van der Waals surface area (Å²) < 4.78 is 3.11. The number of halogens is 1. The Labute approximate surface area is 123 Å². The number of aromatic amines is 1. The molecule has 0 spiro atoms. The third kappa shape index (κ3) is 2.34. The summed E-state index contributed by atoms with van der Waals surface area (Å²) in [5.74, 6) is 0.673. The number of hydrogen-bond acceptors (Lipinski definition) is 1. The van der Waals surface area contributed by atoms with Crippen LogP contribution in [0.3, 0.4) is 0 Å². The van der Waals surface area contributed by atoms with Gasteiger partial charge in [-0.2, -0.15) is 0 Å². The van der Waals surface area contributed by atoms with E-state index in [1.54, 1.807) is 0 Å². The van der Waals surface area contributed by atoms with Crippen molar-refractivity contribution in [2.24, 2.45) is 5.92 Å². The number of fused-ring (bicyclic) bond motifs is 1. The summed E-state index contributed by atoms with van der Waals surface area (Å²) in [5.41, 5.74) is 2.13. The van der Waals surface area contributed by atoms with Crippen LogP contribution >= 0.6 is 23.8 Å². The van der Waals surface area contributed by atoms with E-state index in [4.69, 9.17) is 23.8 Å². The van der Waals surface area contributed by atoms with E-state index < -0.39 is 0 Å². The molecule has 0 bridgehead atoms. The number of imidazole rings is 1. The Morgan fingerprint density at radius 3 is 2.89 bits per heavy atom. The molecule has 3 rings (SSSR count). The highest BCUT2D eigenvalue weighted by molar-refractivity contribution is 7.71. The quantitative estimate of drug-likeness (QED) is 0.544. The zero-order valence-corrected chi connectivity index (χ0v) is 12.7. The zero-order chi connectivity index (χ0) is 13.4. The van der Waals surface area contributed by atoms with Crippen LogP contribution < -0.4 is 0 Å². The van der Waals surface area contributed by atoms with E-state index in [0.29, 0.717) is 12.0 Å².